The van der Waals surface area contributed by atoms with E-state index in [0.29, 0.717) is 92.9 Å². The molecular weight excluding hydrogens is 466 g/mol. The molecule has 0 radical (unpaired) electrons. The van der Waals surface area contributed by atoms with E-state index in [0.717, 1.165) is 11.3 Å². The van der Waals surface area contributed by atoms with E-state index in [1.54, 1.807) is 6.20 Å². The molecule has 12 heteroatoms. The molecule has 0 amide bonds. The van der Waals surface area contributed by atoms with Crippen LogP contribution in [0.15, 0.2) is 39.5 Å². The molecule has 2 fully saturated rings. The second kappa shape index (κ2) is 9.72. The fourth-order valence-electron chi connectivity index (χ4n) is 4.30. The second-order valence-electron chi connectivity index (χ2n) is 8.69. The summed E-state index contributed by atoms with van der Waals surface area (Å²) in [4.78, 5) is 22.3. The van der Waals surface area contributed by atoms with Gasteiger partial charge in [-0.25, -0.2) is 9.97 Å². The van der Waals surface area contributed by atoms with Crippen LogP contribution in [0.1, 0.15) is 17.6 Å². The normalized spacial score (nSPS) is 17.5. The number of aliphatic hydroxyl groups is 1. The van der Waals surface area contributed by atoms with E-state index < -0.39 is 6.23 Å². The smallest absolute Gasteiger partial charge is 0.300 e. The van der Waals surface area contributed by atoms with Gasteiger partial charge in [0, 0.05) is 49.7 Å². The summed E-state index contributed by atoms with van der Waals surface area (Å²) < 4.78 is 22.6. The summed E-state index contributed by atoms with van der Waals surface area (Å²) in [6, 6.07) is 6.02. The number of fused-ring (bicyclic) bond motifs is 1. The van der Waals surface area contributed by atoms with Gasteiger partial charge in [0.05, 0.1) is 32.1 Å². The molecule has 0 aliphatic carbocycles. The number of nitrogens with zero attached hydrogens (tertiary/aromatic N) is 6. The van der Waals surface area contributed by atoms with E-state index in [-0.39, 0.29) is 0 Å². The van der Waals surface area contributed by atoms with Gasteiger partial charge in [-0.2, -0.15) is 4.98 Å². The highest BCUT2D eigenvalue weighted by atomic mass is 16.5. The maximum atomic E-state index is 11.0. The quantitative estimate of drug-likeness (QED) is 0.382. The minimum absolute atomic E-state index is 0.346. The summed E-state index contributed by atoms with van der Waals surface area (Å²) in [7, 11) is 0. The summed E-state index contributed by atoms with van der Waals surface area (Å²) in [5.74, 6) is 1.07. The van der Waals surface area contributed by atoms with Gasteiger partial charge in [0.15, 0.2) is 17.6 Å². The molecule has 2 aliphatic heterocycles. The molecule has 4 aromatic heterocycles. The van der Waals surface area contributed by atoms with Crippen LogP contribution in [0, 0.1) is 6.92 Å². The van der Waals surface area contributed by atoms with Crippen molar-refractivity contribution in [1.29, 1.82) is 0 Å². The van der Waals surface area contributed by atoms with Crippen molar-refractivity contribution >= 4 is 28.8 Å². The Labute approximate surface area is 206 Å². The summed E-state index contributed by atoms with van der Waals surface area (Å²) in [6.45, 7) is 7.10. The first-order valence-corrected chi connectivity index (χ1v) is 11.9. The predicted molar refractivity (Wildman–Crippen MR) is 131 cm³/mol. The van der Waals surface area contributed by atoms with Crippen LogP contribution in [0.4, 0.5) is 17.5 Å². The molecule has 2 aliphatic rings. The standard InChI is InChI=1S/C24H27N7O5/c1-15-12-16(2-3-25-15)23-27-18(14-35-23)22(32)26-17-13-19-20(28-21(17)30-4-8-33-9-5-30)29-24(36-19)31-6-10-34-11-7-31/h2-3,12-14,22,26,32H,4-11H2,1H3. The van der Waals surface area contributed by atoms with Crippen LogP contribution in [0.3, 0.4) is 0 Å². The number of pyridine rings is 2. The van der Waals surface area contributed by atoms with E-state index in [9.17, 15) is 5.11 Å². The zero-order chi connectivity index (χ0) is 24.5. The van der Waals surface area contributed by atoms with Gasteiger partial charge in [-0.3, -0.25) is 4.98 Å². The number of hydrogen-bond acceptors (Lipinski definition) is 12. The van der Waals surface area contributed by atoms with Crippen LogP contribution in [0.5, 0.6) is 0 Å². The van der Waals surface area contributed by atoms with E-state index in [1.165, 1.54) is 6.26 Å². The van der Waals surface area contributed by atoms with Gasteiger partial charge in [-0.15, -0.1) is 0 Å². The molecule has 6 rings (SSSR count). The highest BCUT2D eigenvalue weighted by molar-refractivity contribution is 5.82. The zero-order valence-electron chi connectivity index (χ0n) is 19.9. The van der Waals surface area contributed by atoms with Crippen LogP contribution in [-0.4, -0.2) is 77.6 Å². The maximum absolute atomic E-state index is 11.0. The first kappa shape index (κ1) is 22.7. The van der Waals surface area contributed by atoms with Gasteiger partial charge < -0.3 is 38.5 Å². The van der Waals surface area contributed by atoms with Gasteiger partial charge in [0.25, 0.3) is 6.01 Å². The molecule has 0 saturated carbocycles. The summed E-state index contributed by atoms with van der Waals surface area (Å²) in [5.41, 5.74) is 3.62. The van der Waals surface area contributed by atoms with Crippen molar-refractivity contribution in [2.45, 2.75) is 13.2 Å². The Morgan fingerprint density at radius 3 is 2.47 bits per heavy atom. The number of ether oxygens (including phenoxy) is 2. The molecular formula is C24H27N7O5. The van der Waals surface area contributed by atoms with Crippen molar-refractivity contribution in [3.63, 3.8) is 0 Å². The van der Waals surface area contributed by atoms with Crippen molar-refractivity contribution in [1.82, 2.24) is 19.9 Å². The van der Waals surface area contributed by atoms with Crippen molar-refractivity contribution < 1.29 is 23.4 Å². The lowest BCUT2D eigenvalue weighted by atomic mass is 10.2. The number of morpholine rings is 2. The zero-order valence-corrected chi connectivity index (χ0v) is 19.9. The van der Waals surface area contributed by atoms with Crippen molar-refractivity contribution in [2.75, 3.05) is 67.7 Å². The highest BCUT2D eigenvalue weighted by Gasteiger charge is 2.24. The molecule has 2 N–H and O–H groups in total. The largest absolute Gasteiger partial charge is 0.444 e. The van der Waals surface area contributed by atoms with Gasteiger partial charge >= 0.3 is 0 Å². The van der Waals surface area contributed by atoms with Gasteiger partial charge in [0.1, 0.15) is 12.0 Å². The molecule has 2 saturated heterocycles. The van der Waals surface area contributed by atoms with Crippen molar-refractivity contribution in [2.24, 2.45) is 0 Å². The Bertz CT molecular complexity index is 1340. The Morgan fingerprint density at radius 2 is 1.72 bits per heavy atom. The average molecular weight is 494 g/mol. The average Bonchev–Trinajstić information content (AvgIpc) is 3.57. The summed E-state index contributed by atoms with van der Waals surface area (Å²) >= 11 is 0. The molecule has 36 heavy (non-hydrogen) atoms. The van der Waals surface area contributed by atoms with Gasteiger partial charge in [-0.1, -0.05) is 0 Å². The number of oxazole rings is 2. The maximum Gasteiger partial charge on any atom is 0.300 e. The molecule has 0 spiro atoms. The summed E-state index contributed by atoms with van der Waals surface area (Å²) in [6.07, 6.45) is 2.00. The monoisotopic (exact) mass is 493 g/mol. The molecule has 1 unspecified atom stereocenters. The molecule has 6 heterocycles. The lowest BCUT2D eigenvalue weighted by Crippen LogP contribution is -2.37. The van der Waals surface area contributed by atoms with E-state index in [4.69, 9.17) is 23.3 Å². The third kappa shape index (κ3) is 4.57. The number of aryl methyl sites for hydroxylation is 1. The summed E-state index contributed by atoms with van der Waals surface area (Å²) in [5, 5.41) is 14.1. The number of hydrogen-bond donors (Lipinski definition) is 2. The van der Waals surface area contributed by atoms with Gasteiger partial charge in [0.2, 0.25) is 11.5 Å². The molecule has 0 bridgehead atoms. The Balaban J connectivity index is 1.31. The molecule has 0 aromatic carbocycles. The van der Waals surface area contributed by atoms with Crippen LogP contribution in [0.25, 0.3) is 22.7 Å². The second-order valence-corrected chi connectivity index (χ2v) is 8.69. The first-order chi connectivity index (χ1) is 17.6. The Morgan fingerprint density at radius 1 is 0.972 bits per heavy atom. The highest BCUT2D eigenvalue weighted by Crippen LogP contribution is 2.33. The Hall–Kier alpha value is -3.74. The minimum atomic E-state index is -1.13. The van der Waals surface area contributed by atoms with E-state index in [2.05, 4.69) is 25.2 Å². The van der Waals surface area contributed by atoms with Crippen LogP contribution < -0.4 is 15.1 Å². The number of aromatic nitrogens is 4. The van der Waals surface area contributed by atoms with Crippen molar-refractivity contribution in [3.8, 4) is 11.5 Å². The fraction of sp³-hybridized carbons (Fsp3) is 0.417. The lowest BCUT2D eigenvalue weighted by Gasteiger charge is -2.29. The third-order valence-corrected chi connectivity index (χ3v) is 6.18. The molecule has 1 atom stereocenters. The SMILES string of the molecule is Cc1cc(-c2nc(C(O)Nc3cc4oc(N5CCOCC5)nc4nc3N3CCOCC3)co2)ccn1. The molecule has 12 nitrogen and oxygen atoms in total. The molecule has 188 valence electrons. The number of aliphatic hydroxyl groups excluding tert-OH is 1. The van der Waals surface area contributed by atoms with Crippen LogP contribution in [0.2, 0.25) is 0 Å². The first-order valence-electron chi connectivity index (χ1n) is 11.9. The van der Waals surface area contributed by atoms with Gasteiger partial charge in [-0.05, 0) is 19.1 Å². The Kier molecular flexibility index (Phi) is 6.13. The number of nitrogens with one attached hydrogen (secondary N) is 1. The third-order valence-electron chi connectivity index (χ3n) is 6.18. The van der Waals surface area contributed by atoms with E-state index in [1.807, 2.05) is 30.0 Å². The number of rotatable bonds is 6. The minimum Gasteiger partial charge on any atom is -0.444 e. The lowest BCUT2D eigenvalue weighted by molar-refractivity contribution is 0.120. The van der Waals surface area contributed by atoms with Crippen LogP contribution in [-0.2, 0) is 9.47 Å². The topological polar surface area (TPSA) is 135 Å². The van der Waals surface area contributed by atoms with E-state index >= 15 is 0 Å². The van der Waals surface area contributed by atoms with Crippen molar-refractivity contribution in [3.05, 3.63) is 42.0 Å². The van der Waals surface area contributed by atoms with Crippen LogP contribution >= 0.6 is 0 Å². The molecule has 4 aromatic rings. The fourth-order valence-corrected chi connectivity index (χ4v) is 4.30. The predicted octanol–water partition coefficient (Wildman–Crippen LogP) is 2.36. The number of anilines is 3.